The number of ether oxygens (including phenoxy) is 1. The quantitative estimate of drug-likeness (QED) is 0.498. The third-order valence-electron chi connectivity index (χ3n) is 7.55. The molecule has 0 spiro atoms. The number of carbonyl (C=O) groups is 1. The lowest BCUT2D eigenvalue weighted by Gasteiger charge is -2.44. The lowest BCUT2D eigenvalue weighted by atomic mass is 9.74. The highest BCUT2D eigenvalue weighted by Crippen LogP contribution is 2.64. The summed E-state index contributed by atoms with van der Waals surface area (Å²) in [6.07, 6.45) is 1.98. The van der Waals surface area contributed by atoms with E-state index in [0.29, 0.717) is 28.5 Å². The summed E-state index contributed by atoms with van der Waals surface area (Å²) in [5.41, 5.74) is -2.54. The fourth-order valence-electron chi connectivity index (χ4n) is 5.53. The third-order valence-corrected chi connectivity index (χ3v) is 7.80. The molecule has 1 fully saturated rings. The van der Waals surface area contributed by atoms with Crippen molar-refractivity contribution in [1.29, 1.82) is 0 Å². The molecule has 188 valence electrons. The number of aromatic nitrogens is 1. The minimum atomic E-state index is -1.51. The first-order chi connectivity index (χ1) is 16.9. The zero-order valence-electron chi connectivity index (χ0n) is 20.5. The van der Waals surface area contributed by atoms with E-state index in [-0.39, 0.29) is 29.2 Å². The topological polar surface area (TPSA) is 82.9 Å². The predicted molar refractivity (Wildman–Crippen MR) is 133 cm³/mol. The van der Waals surface area contributed by atoms with Crippen molar-refractivity contribution < 1.29 is 24.1 Å². The summed E-state index contributed by atoms with van der Waals surface area (Å²) in [6, 6.07) is 13.1. The number of benzene rings is 2. The largest absolute Gasteiger partial charge is 0.481 e. The second-order valence-electron chi connectivity index (χ2n) is 10.3. The number of pyridine rings is 1. The molecule has 2 aromatic carbocycles. The van der Waals surface area contributed by atoms with Gasteiger partial charge in [-0.2, -0.15) is 0 Å². The minimum absolute atomic E-state index is 0.0689. The monoisotopic (exact) mass is 510 g/mol. The SMILES string of the molecule is COc1ccc(CN2C(=O)c3cc(C(C)(C)O)cc(F)c3[C@]2(c2ccc(Cl)cc2)C2(O)CC2C)cn1. The molecule has 5 rings (SSSR count). The molecule has 2 unspecified atom stereocenters. The highest BCUT2D eigenvalue weighted by molar-refractivity contribution is 6.30. The van der Waals surface area contributed by atoms with Crippen LogP contribution in [0.3, 0.4) is 0 Å². The van der Waals surface area contributed by atoms with Crippen LogP contribution >= 0.6 is 11.6 Å². The van der Waals surface area contributed by atoms with Crippen molar-refractivity contribution in [3.63, 3.8) is 0 Å². The molecule has 6 nitrogen and oxygen atoms in total. The van der Waals surface area contributed by atoms with Crippen molar-refractivity contribution in [2.75, 3.05) is 7.11 Å². The van der Waals surface area contributed by atoms with Crippen molar-refractivity contribution in [3.05, 3.63) is 93.4 Å². The molecule has 36 heavy (non-hydrogen) atoms. The third kappa shape index (κ3) is 3.52. The van der Waals surface area contributed by atoms with Gasteiger partial charge in [0.2, 0.25) is 5.88 Å². The Morgan fingerprint density at radius 2 is 1.89 bits per heavy atom. The van der Waals surface area contributed by atoms with Crippen molar-refractivity contribution in [1.82, 2.24) is 9.88 Å². The first-order valence-corrected chi connectivity index (χ1v) is 12.2. The van der Waals surface area contributed by atoms with Gasteiger partial charge in [0.25, 0.3) is 5.91 Å². The molecule has 1 aliphatic heterocycles. The van der Waals surface area contributed by atoms with E-state index >= 15 is 4.39 Å². The minimum Gasteiger partial charge on any atom is -0.481 e. The number of methoxy groups -OCH3 is 1. The number of nitrogens with zero attached hydrogens (tertiary/aromatic N) is 2. The predicted octanol–water partition coefficient (Wildman–Crippen LogP) is 4.78. The Morgan fingerprint density at radius 3 is 2.42 bits per heavy atom. The van der Waals surface area contributed by atoms with Crippen LogP contribution in [-0.2, 0) is 17.7 Å². The molecule has 2 heterocycles. The number of rotatable bonds is 6. The fourth-order valence-corrected chi connectivity index (χ4v) is 5.66. The summed E-state index contributed by atoms with van der Waals surface area (Å²) in [7, 11) is 1.52. The number of carbonyl (C=O) groups excluding carboxylic acids is 1. The van der Waals surface area contributed by atoms with Crippen molar-refractivity contribution in [3.8, 4) is 5.88 Å². The molecule has 1 amide bonds. The molecule has 3 atom stereocenters. The summed E-state index contributed by atoms with van der Waals surface area (Å²) in [5.74, 6) is -0.866. The second-order valence-corrected chi connectivity index (χ2v) is 10.7. The van der Waals surface area contributed by atoms with Crippen LogP contribution in [0.1, 0.15) is 59.8 Å². The maximum absolute atomic E-state index is 16.2. The van der Waals surface area contributed by atoms with Crippen molar-refractivity contribution >= 4 is 17.5 Å². The Bertz CT molecular complexity index is 1340. The smallest absolute Gasteiger partial charge is 0.255 e. The van der Waals surface area contributed by atoms with E-state index < -0.39 is 28.5 Å². The van der Waals surface area contributed by atoms with E-state index in [9.17, 15) is 15.0 Å². The van der Waals surface area contributed by atoms with Crippen LogP contribution < -0.4 is 4.74 Å². The van der Waals surface area contributed by atoms with E-state index in [0.717, 1.165) is 0 Å². The van der Waals surface area contributed by atoms with Crippen molar-refractivity contribution in [2.24, 2.45) is 5.92 Å². The zero-order chi connectivity index (χ0) is 26.0. The van der Waals surface area contributed by atoms with Gasteiger partial charge in [0.05, 0.1) is 18.3 Å². The number of halogens is 2. The molecule has 0 radical (unpaired) electrons. The summed E-state index contributed by atoms with van der Waals surface area (Å²) in [5, 5.41) is 23.1. The van der Waals surface area contributed by atoms with Crippen LogP contribution in [0.5, 0.6) is 5.88 Å². The maximum atomic E-state index is 16.2. The number of amides is 1. The first-order valence-electron chi connectivity index (χ1n) is 11.8. The normalized spacial score (nSPS) is 25.2. The van der Waals surface area contributed by atoms with E-state index in [1.54, 1.807) is 42.6 Å². The summed E-state index contributed by atoms with van der Waals surface area (Å²) >= 11 is 6.18. The molecule has 0 bridgehead atoms. The van der Waals surface area contributed by atoms with E-state index in [1.165, 1.54) is 38.0 Å². The average molecular weight is 511 g/mol. The molecule has 2 aliphatic rings. The van der Waals surface area contributed by atoms with Crippen LogP contribution in [0.4, 0.5) is 4.39 Å². The van der Waals surface area contributed by atoms with Gasteiger partial charge >= 0.3 is 0 Å². The Kier molecular flexibility index (Phi) is 5.67. The molecule has 2 N–H and O–H groups in total. The number of aliphatic hydroxyl groups is 2. The molecule has 8 heteroatoms. The van der Waals surface area contributed by atoms with E-state index in [2.05, 4.69) is 4.98 Å². The average Bonchev–Trinajstić information content (AvgIpc) is 3.37. The van der Waals surface area contributed by atoms with Gasteiger partial charge in [-0.15, -0.1) is 0 Å². The van der Waals surface area contributed by atoms with Gasteiger partial charge in [-0.1, -0.05) is 36.7 Å². The zero-order valence-corrected chi connectivity index (χ0v) is 21.3. The maximum Gasteiger partial charge on any atom is 0.255 e. The van der Waals surface area contributed by atoms with Crippen LogP contribution in [0.25, 0.3) is 0 Å². The highest BCUT2D eigenvalue weighted by Gasteiger charge is 2.72. The van der Waals surface area contributed by atoms with Crippen LogP contribution in [0, 0.1) is 11.7 Å². The highest BCUT2D eigenvalue weighted by atomic mass is 35.5. The molecule has 1 aliphatic carbocycles. The van der Waals surface area contributed by atoms with Crippen LogP contribution in [0.2, 0.25) is 5.02 Å². The van der Waals surface area contributed by atoms with Gasteiger partial charge in [0.15, 0.2) is 0 Å². The Balaban J connectivity index is 1.80. The molecule has 1 saturated carbocycles. The van der Waals surface area contributed by atoms with E-state index in [4.69, 9.17) is 16.3 Å². The molecule has 3 aromatic rings. The molecule has 1 aromatic heterocycles. The fraction of sp³-hybridized carbons (Fsp3) is 0.357. The summed E-state index contributed by atoms with van der Waals surface area (Å²) < 4.78 is 21.3. The van der Waals surface area contributed by atoms with Crippen molar-refractivity contribution in [2.45, 2.75) is 50.5 Å². The van der Waals surface area contributed by atoms with Gasteiger partial charge < -0.3 is 19.8 Å². The van der Waals surface area contributed by atoms with Crippen LogP contribution in [-0.4, -0.2) is 38.7 Å². The van der Waals surface area contributed by atoms with Crippen LogP contribution in [0.15, 0.2) is 54.7 Å². The Morgan fingerprint density at radius 1 is 1.22 bits per heavy atom. The van der Waals surface area contributed by atoms with Gasteiger partial charge in [0, 0.05) is 35.0 Å². The second kappa shape index (κ2) is 8.26. The summed E-state index contributed by atoms with van der Waals surface area (Å²) in [6.45, 7) is 5.03. The van der Waals surface area contributed by atoms with Gasteiger partial charge in [-0.25, -0.2) is 9.37 Å². The molecule has 0 saturated heterocycles. The number of hydrogen-bond acceptors (Lipinski definition) is 5. The number of hydrogen-bond donors (Lipinski definition) is 2. The summed E-state index contributed by atoms with van der Waals surface area (Å²) in [4.78, 5) is 19.9. The lowest BCUT2D eigenvalue weighted by Crippen LogP contribution is -2.55. The van der Waals surface area contributed by atoms with Gasteiger partial charge in [0.1, 0.15) is 11.4 Å². The van der Waals surface area contributed by atoms with Gasteiger partial charge in [-0.3, -0.25) is 4.79 Å². The van der Waals surface area contributed by atoms with E-state index in [1.807, 2.05) is 6.92 Å². The Labute approximate surface area is 214 Å². The van der Waals surface area contributed by atoms with Gasteiger partial charge in [-0.05, 0) is 67.1 Å². The Hall–Kier alpha value is -3.00. The molecular formula is C28H28ClFN2O4. The number of fused-ring (bicyclic) bond motifs is 1. The standard InChI is InChI=1S/C28H28ClFN2O4/c1-16-13-27(16,35)28(18-6-8-20(29)9-7-18)24-21(11-19(12-22(24)30)26(2,3)34)25(33)32(28)15-17-5-10-23(36-4)31-14-17/h5-12,14,16,34-35H,13,15H2,1-4H3/t16?,27?,28-/m1/s1. The first kappa shape index (κ1) is 24.7. The molecular weight excluding hydrogens is 483 g/mol. The lowest BCUT2D eigenvalue weighted by molar-refractivity contribution is -0.0242.